The normalized spacial score (nSPS) is 10.2. The second-order valence-electron chi connectivity index (χ2n) is 5.10. The molecule has 2 aromatic carbocycles. The lowest BCUT2D eigenvalue weighted by molar-refractivity contribution is 0.102. The quantitative estimate of drug-likeness (QED) is 0.778. The lowest BCUT2D eigenvalue weighted by Crippen LogP contribution is -2.16. The molecule has 0 aliphatic rings. The molecule has 0 unspecified atom stereocenters. The van der Waals surface area contributed by atoms with E-state index in [1.54, 1.807) is 18.2 Å². The minimum Gasteiger partial charge on any atom is -0.496 e. The number of aromatic nitrogens is 1. The van der Waals surface area contributed by atoms with Crippen molar-refractivity contribution < 1.29 is 14.3 Å². The maximum absolute atomic E-state index is 12.8. The molecule has 1 aromatic heterocycles. The number of carbonyl (C=O) groups is 1. The molecule has 24 heavy (non-hydrogen) atoms. The Kier molecular flexibility index (Phi) is 4.52. The van der Waals surface area contributed by atoms with Gasteiger partial charge in [-0.15, -0.1) is 0 Å². The van der Waals surface area contributed by atoms with Crippen molar-refractivity contribution in [1.29, 1.82) is 0 Å². The Morgan fingerprint density at radius 3 is 2.12 bits per heavy atom. The summed E-state index contributed by atoms with van der Waals surface area (Å²) in [7, 11) is 3.05. The molecule has 0 saturated carbocycles. The van der Waals surface area contributed by atoms with Crippen molar-refractivity contribution in [3.8, 4) is 17.2 Å². The lowest BCUT2D eigenvalue weighted by atomic mass is 10.1. The SMILES string of the molecule is COc1cccc(OC)c1C(=O)Nc1ccccc1-n1cccc1. The van der Waals surface area contributed by atoms with E-state index < -0.39 is 0 Å². The smallest absolute Gasteiger partial charge is 0.263 e. The van der Waals surface area contributed by atoms with Crippen molar-refractivity contribution in [3.63, 3.8) is 0 Å². The van der Waals surface area contributed by atoms with E-state index in [4.69, 9.17) is 9.47 Å². The maximum atomic E-state index is 12.8. The molecule has 0 radical (unpaired) electrons. The van der Waals surface area contributed by atoms with Crippen LogP contribution >= 0.6 is 0 Å². The molecule has 0 bridgehead atoms. The van der Waals surface area contributed by atoms with Gasteiger partial charge < -0.3 is 19.4 Å². The number of para-hydroxylation sites is 2. The van der Waals surface area contributed by atoms with Crippen LogP contribution in [0.1, 0.15) is 10.4 Å². The summed E-state index contributed by atoms with van der Waals surface area (Å²) in [5, 5.41) is 2.94. The number of nitrogens with zero attached hydrogens (tertiary/aromatic N) is 1. The first kappa shape index (κ1) is 15.7. The standard InChI is InChI=1S/C19H18N2O3/c1-23-16-10-7-11-17(24-2)18(16)19(22)20-14-8-3-4-9-15(14)21-12-5-6-13-21/h3-13H,1-2H3,(H,20,22). The third kappa shape index (κ3) is 2.96. The first-order chi connectivity index (χ1) is 11.7. The second-order valence-corrected chi connectivity index (χ2v) is 5.10. The zero-order valence-electron chi connectivity index (χ0n) is 13.5. The number of methoxy groups -OCH3 is 2. The highest BCUT2D eigenvalue weighted by atomic mass is 16.5. The zero-order valence-corrected chi connectivity index (χ0v) is 13.5. The molecule has 5 heteroatoms. The molecule has 0 saturated heterocycles. The van der Waals surface area contributed by atoms with Crippen molar-refractivity contribution in [3.05, 3.63) is 72.6 Å². The Bertz CT molecular complexity index is 819. The Morgan fingerprint density at radius 2 is 1.50 bits per heavy atom. The van der Waals surface area contributed by atoms with Crippen LogP contribution in [0.3, 0.4) is 0 Å². The van der Waals surface area contributed by atoms with Crippen molar-refractivity contribution in [1.82, 2.24) is 4.57 Å². The van der Waals surface area contributed by atoms with Crippen molar-refractivity contribution in [2.24, 2.45) is 0 Å². The summed E-state index contributed by atoms with van der Waals surface area (Å²) in [6.07, 6.45) is 3.85. The summed E-state index contributed by atoms with van der Waals surface area (Å²) in [6, 6.07) is 16.7. The second kappa shape index (κ2) is 6.91. The van der Waals surface area contributed by atoms with Gasteiger partial charge in [-0.05, 0) is 36.4 Å². The van der Waals surface area contributed by atoms with Gasteiger partial charge in [-0.25, -0.2) is 0 Å². The van der Waals surface area contributed by atoms with E-state index in [1.165, 1.54) is 14.2 Å². The number of amides is 1. The monoisotopic (exact) mass is 322 g/mol. The van der Waals surface area contributed by atoms with Crippen LogP contribution in [0.2, 0.25) is 0 Å². The van der Waals surface area contributed by atoms with Crippen LogP contribution in [-0.2, 0) is 0 Å². The molecular weight excluding hydrogens is 304 g/mol. The molecule has 1 heterocycles. The molecule has 1 amide bonds. The largest absolute Gasteiger partial charge is 0.496 e. The third-order valence-corrected chi connectivity index (χ3v) is 3.69. The lowest BCUT2D eigenvalue weighted by Gasteiger charge is -2.15. The number of hydrogen-bond donors (Lipinski definition) is 1. The van der Waals surface area contributed by atoms with Crippen LogP contribution < -0.4 is 14.8 Å². The molecule has 0 aliphatic heterocycles. The van der Waals surface area contributed by atoms with Gasteiger partial charge in [0.15, 0.2) is 0 Å². The highest BCUT2D eigenvalue weighted by molar-refractivity contribution is 6.09. The van der Waals surface area contributed by atoms with E-state index in [0.717, 1.165) is 5.69 Å². The maximum Gasteiger partial charge on any atom is 0.263 e. The number of rotatable bonds is 5. The number of ether oxygens (including phenoxy) is 2. The molecule has 0 fully saturated rings. The molecule has 0 spiro atoms. The molecular formula is C19H18N2O3. The summed E-state index contributed by atoms with van der Waals surface area (Å²) in [4.78, 5) is 12.8. The summed E-state index contributed by atoms with van der Waals surface area (Å²) < 4.78 is 12.5. The van der Waals surface area contributed by atoms with Gasteiger partial charge in [-0.2, -0.15) is 0 Å². The van der Waals surface area contributed by atoms with E-state index in [9.17, 15) is 4.79 Å². The van der Waals surface area contributed by atoms with E-state index >= 15 is 0 Å². The van der Waals surface area contributed by atoms with Crippen molar-refractivity contribution in [2.45, 2.75) is 0 Å². The zero-order chi connectivity index (χ0) is 16.9. The Morgan fingerprint density at radius 1 is 0.875 bits per heavy atom. The minimum absolute atomic E-state index is 0.288. The summed E-state index contributed by atoms with van der Waals surface area (Å²) in [6.45, 7) is 0. The van der Waals surface area contributed by atoms with Gasteiger partial charge in [0.2, 0.25) is 0 Å². The summed E-state index contributed by atoms with van der Waals surface area (Å²) in [5.41, 5.74) is 1.95. The summed E-state index contributed by atoms with van der Waals surface area (Å²) in [5.74, 6) is 0.638. The van der Waals surface area contributed by atoms with Gasteiger partial charge in [-0.3, -0.25) is 4.79 Å². The molecule has 0 aliphatic carbocycles. The van der Waals surface area contributed by atoms with Crippen LogP contribution in [0.5, 0.6) is 11.5 Å². The highest BCUT2D eigenvalue weighted by Gasteiger charge is 2.19. The molecule has 3 rings (SSSR count). The molecule has 1 N–H and O–H groups in total. The van der Waals surface area contributed by atoms with Gasteiger partial charge in [0.25, 0.3) is 5.91 Å². The average molecular weight is 322 g/mol. The minimum atomic E-state index is -0.288. The first-order valence-corrected chi connectivity index (χ1v) is 7.49. The highest BCUT2D eigenvalue weighted by Crippen LogP contribution is 2.30. The van der Waals surface area contributed by atoms with Crippen LogP contribution in [0.15, 0.2) is 67.0 Å². The van der Waals surface area contributed by atoms with Crippen LogP contribution in [-0.4, -0.2) is 24.7 Å². The van der Waals surface area contributed by atoms with Crippen LogP contribution in [0.4, 0.5) is 5.69 Å². The number of anilines is 1. The van der Waals surface area contributed by atoms with Crippen LogP contribution in [0, 0.1) is 0 Å². The molecule has 3 aromatic rings. The van der Waals surface area contributed by atoms with Gasteiger partial charge in [0, 0.05) is 12.4 Å². The van der Waals surface area contributed by atoms with E-state index in [-0.39, 0.29) is 5.91 Å². The topological polar surface area (TPSA) is 52.5 Å². The Hall–Kier alpha value is -3.21. The fourth-order valence-corrected chi connectivity index (χ4v) is 2.56. The number of hydrogen-bond acceptors (Lipinski definition) is 3. The van der Waals surface area contributed by atoms with E-state index in [1.807, 2.05) is 53.4 Å². The molecule has 122 valence electrons. The van der Waals surface area contributed by atoms with Gasteiger partial charge >= 0.3 is 0 Å². The summed E-state index contributed by atoms with van der Waals surface area (Å²) >= 11 is 0. The fourth-order valence-electron chi connectivity index (χ4n) is 2.56. The van der Waals surface area contributed by atoms with Crippen molar-refractivity contribution in [2.75, 3.05) is 19.5 Å². The first-order valence-electron chi connectivity index (χ1n) is 7.49. The van der Waals surface area contributed by atoms with E-state index in [2.05, 4.69) is 5.32 Å². The van der Waals surface area contributed by atoms with Crippen LogP contribution in [0.25, 0.3) is 5.69 Å². The predicted molar refractivity (Wildman–Crippen MR) is 93.3 cm³/mol. The Balaban J connectivity index is 1.98. The van der Waals surface area contributed by atoms with Gasteiger partial charge in [-0.1, -0.05) is 18.2 Å². The average Bonchev–Trinajstić information content (AvgIpc) is 3.15. The predicted octanol–water partition coefficient (Wildman–Crippen LogP) is 3.75. The van der Waals surface area contributed by atoms with E-state index in [0.29, 0.717) is 22.7 Å². The third-order valence-electron chi connectivity index (χ3n) is 3.69. The molecule has 0 atom stereocenters. The van der Waals surface area contributed by atoms with Gasteiger partial charge in [0.05, 0.1) is 25.6 Å². The van der Waals surface area contributed by atoms with Gasteiger partial charge in [0.1, 0.15) is 17.1 Å². The number of carbonyl (C=O) groups excluding carboxylic acids is 1. The van der Waals surface area contributed by atoms with Crippen molar-refractivity contribution >= 4 is 11.6 Å². The number of benzene rings is 2. The Labute approximate surface area is 140 Å². The molecule has 5 nitrogen and oxygen atoms in total. The fraction of sp³-hybridized carbons (Fsp3) is 0.105. The number of nitrogens with one attached hydrogen (secondary N) is 1.